The van der Waals surface area contributed by atoms with Gasteiger partial charge in [-0.2, -0.15) is 0 Å². The lowest BCUT2D eigenvalue weighted by molar-refractivity contribution is -0.105. The summed E-state index contributed by atoms with van der Waals surface area (Å²) in [5.74, 6) is -0.478. The van der Waals surface area contributed by atoms with Crippen LogP contribution in [0.4, 0.5) is 15.8 Å². The Balaban J connectivity index is 1.90. The first-order valence-corrected chi connectivity index (χ1v) is 9.30. The number of hydrogen-bond donors (Lipinski definition) is 1. The molecule has 0 saturated heterocycles. The van der Waals surface area contributed by atoms with Gasteiger partial charge in [-0.3, -0.25) is 9.20 Å². The number of halogens is 2. The summed E-state index contributed by atoms with van der Waals surface area (Å²) in [6.45, 7) is 0. The smallest absolute Gasteiger partial charge is 0.211 e. The normalized spacial score (nSPS) is 10.9. The van der Waals surface area contributed by atoms with Crippen LogP contribution in [0.1, 0.15) is 0 Å². The number of pyridine rings is 1. The Bertz CT molecular complexity index is 1200. The van der Waals surface area contributed by atoms with Crippen LogP contribution in [-0.4, -0.2) is 29.9 Å². The third-order valence-electron chi connectivity index (χ3n) is 4.75. The van der Waals surface area contributed by atoms with Crippen LogP contribution >= 0.6 is 11.6 Å². The van der Waals surface area contributed by atoms with Crippen molar-refractivity contribution in [3.63, 3.8) is 0 Å². The van der Waals surface area contributed by atoms with E-state index < -0.39 is 5.82 Å². The molecule has 0 fully saturated rings. The molecule has 0 aliphatic heterocycles. The van der Waals surface area contributed by atoms with Crippen molar-refractivity contribution >= 4 is 35.0 Å². The van der Waals surface area contributed by atoms with Gasteiger partial charge in [0.2, 0.25) is 6.41 Å². The molecule has 0 unspecified atom stereocenters. The molecule has 0 saturated carbocycles. The molecule has 0 radical (unpaired) electrons. The standard InChI is InChI=1S/C22H18ClFN4O/c1-27(2)17-6-3-14(4-7-17)16-10-20(26-13-29)22-25-11-21(28(22)12-16)15-5-8-19(24)18(23)9-15/h3-13H,1-2H3,(H,26,29). The minimum absolute atomic E-state index is 0.0409. The molecule has 0 aliphatic rings. The van der Waals surface area contributed by atoms with E-state index in [-0.39, 0.29) is 5.02 Å². The number of nitrogens with one attached hydrogen (secondary N) is 1. The van der Waals surface area contributed by atoms with Crippen LogP contribution in [0.3, 0.4) is 0 Å². The number of carbonyl (C=O) groups excluding carboxylic acids is 1. The zero-order valence-electron chi connectivity index (χ0n) is 15.9. The summed E-state index contributed by atoms with van der Waals surface area (Å²) >= 11 is 5.96. The van der Waals surface area contributed by atoms with Gasteiger partial charge in [-0.1, -0.05) is 23.7 Å². The van der Waals surface area contributed by atoms with Crippen LogP contribution in [0.5, 0.6) is 0 Å². The van der Waals surface area contributed by atoms with Gasteiger partial charge in [0.25, 0.3) is 0 Å². The molecule has 1 N–H and O–H groups in total. The number of benzene rings is 2. The summed E-state index contributed by atoms with van der Waals surface area (Å²) in [6, 6.07) is 14.5. The summed E-state index contributed by atoms with van der Waals surface area (Å²) in [5.41, 5.74) is 5.60. The lowest BCUT2D eigenvalue weighted by atomic mass is 10.1. The molecule has 29 heavy (non-hydrogen) atoms. The Hall–Kier alpha value is -3.38. The van der Waals surface area contributed by atoms with E-state index in [1.165, 1.54) is 6.07 Å². The second-order valence-corrected chi connectivity index (χ2v) is 7.22. The average Bonchev–Trinajstić information content (AvgIpc) is 3.14. The number of imidazole rings is 1. The van der Waals surface area contributed by atoms with Crippen molar-refractivity contribution in [1.29, 1.82) is 0 Å². The number of anilines is 2. The average molecular weight is 409 g/mol. The number of rotatable bonds is 5. The third-order valence-corrected chi connectivity index (χ3v) is 5.04. The molecule has 4 aromatic rings. The van der Waals surface area contributed by atoms with Crippen molar-refractivity contribution in [3.8, 4) is 22.4 Å². The quantitative estimate of drug-likeness (QED) is 0.468. The maximum absolute atomic E-state index is 13.6. The van der Waals surface area contributed by atoms with E-state index in [1.54, 1.807) is 18.3 Å². The number of amides is 1. The topological polar surface area (TPSA) is 49.6 Å². The number of hydrogen-bond acceptors (Lipinski definition) is 3. The number of aromatic nitrogens is 2. The SMILES string of the molecule is CN(C)c1ccc(-c2cc(NC=O)c3ncc(-c4ccc(F)c(Cl)c4)n3c2)cc1. The van der Waals surface area contributed by atoms with E-state index >= 15 is 0 Å². The Labute approximate surface area is 172 Å². The molecule has 7 heteroatoms. The molecule has 146 valence electrons. The van der Waals surface area contributed by atoms with Gasteiger partial charge in [0.05, 0.1) is 22.6 Å². The highest BCUT2D eigenvalue weighted by Gasteiger charge is 2.13. The molecule has 4 rings (SSSR count). The molecule has 2 aromatic heterocycles. The van der Waals surface area contributed by atoms with Crippen LogP contribution in [0, 0.1) is 5.82 Å². The van der Waals surface area contributed by atoms with Crippen LogP contribution < -0.4 is 10.2 Å². The number of carbonyl (C=O) groups is 1. The Morgan fingerprint density at radius 1 is 1.07 bits per heavy atom. The molecule has 0 spiro atoms. The summed E-state index contributed by atoms with van der Waals surface area (Å²) < 4.78 is 15.5. The van der Waals surface area contributed by atoms with Crippen molar-refractivity contribution in [2.24, 2.45) is 0 Å². The molecule has 0 aliphatic carbocycles. The van der Waals surface area contributed by atoms with Crippen molar-refractivity contribution in [2.75, 3.05) is 24.3 Å². The Morgan fingerprint density at radius 3 is 2.45 bits per heavy atom. The number of fused-ring (bicyclic) bond motifs is 1. The highest BCUT2D eigenvalue weighted by molar-refractivity contribution is 6.31. The lowest BCUT2D eigenvalue weighted by Crippen LogP contribution is -2.07. The zero-order valence-corrected chi connectivity index (χ0v) is 16.6. The predicted octanol–water partition coefficient (Wildman–Crippen LogP) is 5.10. The molecule has 2 aromatic carbocycles. The summed E-state index contributed by atoms with van der Waals surface area (Å²) in [7, 11) is 3.97. The lowest BCUT2D eigenvalue weighted by Gasteiger charge is -2.14. The maximum atomic E-state index is 13.6. The van der Waals surface area contributed by atoms with Gasteiger partial charge in [0.15, 0.2) is 5.65 Å². The summed E-state index contributed by atoms with van der Waals surface area (Å²) in [6.07, 6.45) is 4.24. The summed E-state index contributed by atoms with van der Waals surface area (Å²) in [4.78, 5) is 17.6. The minimum atomic E-state index is -0.478. The summed E-state index contributed by atoms with van der Waals surface area (Å²) in [5, 5.41) is 2.76. The van der Waals surface area contributed by atoms with Crippen molar-refractivity contribution in [3.05, 3.63) is 71.8 Å². The number of nitrogens with zero attached hydrogens (tertiary/aromatic N) is 3. The Morgan fingerprint density at radius 2 is 1.79 bits per heavy atom. The van der Waals surface area contributed by atoms with Crippen molar-refractivity contribution in [2.45, 2.75) is 0 Å². The van der Waals surface area contributed by atoms with Gasteiger partial charge in [-0.25, -0.2) is 9.37 Å². The molecule has 0 atom stereocenters. The first-order valence-electron chi connectivity index (χ1n) is 8.92. The first-order chi connectivity index (χ1) is 14.0. The second-order valence-electron chi connectivity index (χ2n) is 6.81. The fraction of sp³-hybridized carbons (Fsp3) is 0.0909. The van der Waals surface area contributed by atoms with Crippen LogP contribution in [0.2, 0.25) is 5.02 Å². The van der Waals surface area contributed by atoms with E-state index in [1.807, 2.05) is 59.9 Å². The van der Waals surface area contributed by atoms with Gasteiger partial charge in [0, 0.05) is 37.1 Å². The van der Waals surface area contributed by atoms with Crippen molar-refractivity contribution in [1.82, 2.24) is 9.38 Å². The van der Waals surface area contributed by atoms with Gasteiger partial charge in [-0.05, 0) is 42.0 Å². The van der Waals surface area contributed by atoms with E-state index in [9.17, 15) is 9.18 Å². The first kappa shape index (κ1) is 19.0. The molecule has 0 bridgehead atoms. The minimum Gasteiger partial charge on any atom is -0.378 e. The molecular weight excluding hydrogens is 391 g/mol. The molecule has 1 amide bonds. The van der Waals surface area contributed by atoms with E-state index in [4.69, 9.17) is 11.6 Å². The van der Waals surface area contributed by atoms with Gasteiger partial charge >= 0.3 is 0 Å². The predicted molar refractivity (Wildman–Crippen MR) is 115 cm³/mol. The Kier molecular flexibility index (Phi) is 4.94. The largest absolute Gasteiger partial charge is 0.378 e. The van der Waals surface area contributed by atoms with Crippen LogP contribution in [0.15, 0.2) is 60.9 Å². The highest BCUT2D eigenvalue weighted by atomic mass is 35.5. The van der Waals surface area contributed by atoms with Crippen LogP contribution in [-0.2, 0) is 4.79 Å². The maximum Gasteiger partial charge on any atom is 0.211 e. The van der Waals surface area contributed by atoms with E-state index in [0.717, 1.165) is 28.1 Å². The van der Waals surface area contributed by atoms with Gasteiger partial charge in [-0.15, -0.1) is 0 Å². The monoisotopic (exact) mass is 408 g/mol. The highest BCUT2D eigenvalue weighted by Crippen LogP contribution is 2.32. The fourth-order valence-electron chi connectivity index (χ4n) is 3.24. The zero-order chi connectivity index (χ0) is 20.5. The van der Waals surface area contributed by atoms with Gasteiger partial charge < -0.3 is 10.2 Å². The van der Waals surface area contributed by atoms with E-state index in [2.05, 4.69) is 10.3 Å². The molecule has 2 heterocycles. The third kappa shape index (κ3) is 3.54. The van der Waals surface area contributed by atoms with Gasteiger partial charge in [0.1, 0.15) is 5.82 Å². The van der Waals surface area contributed by atoms with Crippen LogP contribution in [0.25, 0.3) is 28.0 Å². The van der Waals surface area contributed by atoms with E-state index in [0.29, 0.717) is 17.7 Å². The fourth-order valence-corrected chi connectivity index (χ4v) is 3.42. The van der Waals surface area contributed by atoms with Crippen molar-refractivity contribution < 1.29 is 9.18 Å². The second kappa shape index (κ2) is 7.56. The molecule has 5 nitrogen and oxygen atoms in total. The molecular formula is C22H18ClFN4O.